The molecular formula is C30H29F3N4O4S. The first kappa shape index (κ1) is 30.5. The molecule has 4 aromatic rings. The Hall–Kier alpha value is -4.45. The number of aryl methyl sites for hydroxylation is 1. The third-order valence-corrected chi connectivity index (χ3v) is 7.41. The third kappa shape index (κ3) is 7.64. The SMILES string of the molecule is COc1ccc(CCN(CCC(=O)Nc2nnc(-c3ccc(C(F)(F)F)cc3)s2)C(=O)c2ccccc2C)cc1OC. The summed E-state index contributed by atoms with van der Waals surface area (Å²) in [6.07, 6.45) is -3.92. The van der Waals surface area contributed by atoms with Crippen LogP contribution in [0.2, 0.25) is 0 Å². The van der Waals surface area contributed by atoms with Crippen molar-refractivity contribution in [3.05, 3.63) is 89.0 Å². The first-order valence-corrected chi connectivity index (χ1v) is 13.8. The maximum absolute atomic E-state index is 13.5. The number of rotatable bonds is 11. The summed E-state index contributed by atoms with van der Waals surface area (Å²) in [5.74, 6) is 0.614. The van der Waals surface area contributed by atoms with Gasteiger partial charge in [-0.3, -0.25) is 9.59 Å². The van der Waals surface area contributed by atoms with Gasteiger partial charge in [-0.2, -0.15) is 13.2 Å². The van der Waals surface area contributed by atoms with E-state index in [9.17, 15) is 22.8 Å². The lowest BCUT2D eigenvalue weighted by Gasteiger charge is -2.23. The Morgan fingerprint density at radius 2 is 1.64 bits per heavy atom. The predicted molar refractivity (Wildman–Crippen MR) is 154 cm³/mol. The van der Waals surface area contributed by atoms with Crippen molar-refractivity contribution in [3.8, 4) is 22.1 Å². The molecule has 3 aromatic carbocycles. The maximum Gasteiger partial charge on any atom is 0.416 e. The number of nitrogens with zero attached hydrogens (tertiary/aromatic N) is 3. The molecule has 0 bridgehead atoms. The monoisotopic (exact) mass is 598 g/mol. The standard InChI is InChI=1S/C30H29F3N4O4S/c1-19-6-4-5-7-23(19)28(39)37(16-14-20-8-13-24(40-2)25(18-20)41-3)17-15-26(38)34-29-36-35-27(42-29)21-9-11-22(12-10-21)30(31,32)33/h4-13,18H,14-17H2,1-3H3,(H,34,36,38). The molecule has 12 heteroatoms. The zero-order chi connectivity index (χ0) is 30.3. The van der Waals surface area contributed by atoms with Crippen LogP contribution in [0.5, 0.6) is 11.5 Å². The van der Waals surface area contributed by atoms with Gasteiger partial charge in [0.15, 0.2) is 11.5 Å². The van der Waals surface area contributed by atoms with Crippen LogP contribution in [-0.4, -0.2) is 54.2 Å². The molecule has 8 nitrogen and oxygen atoms in total. The van der Waals surface area contributed by atoms with Crippen LogP contribution in [0.25, 0.3) is 10.6 Å². The van der Waals surface area contributed by atoms with Crippen LogP contribution in [0, 0.1) is 6.92 Å². The van der Waals surface area contributed by atoms with E-state index in [4.69, 9.17) is 9.47 Å². The van der Waals surface area contributed by atoms with Gasteiger partial charge in [-0.05, 0) is 54.8 Å². The summed E-state index contributed by atoms with van der Waals surface area (Å²) >= 11 is 1.04. The van der Waals surface area contributed by atoms with E-state index in [0.717, 1.165) is 34.6 Å². The first-order valence-electron chi connectivity index (χ1n) is 13.0. The number of nitrogens with one attached hydrogen (secondary N) is 1. The van der Waals surface area contributed by atoms with Crippen LogP contribution in [0.4, 0.5) is 18.3 Å². The van der Waals surface area contributed by atoms with Gasteiger partial charge in [0, 0.05) is 30.6 Å². The van der Waals surface area contributed by atoms with Crippen LogP contribution < -0.4 is 14.8 Å². The Bertz CT molecular complexity index is 1540. The molecule has 220 valence electrons. The highest BCUT2D eigenvalue weighted by Crippen LogP contribution is 2.32. The van der Waals surface area contributed by atoms with Crippen LogP contribution in [0.15, 0.2) is 66.7 Å². The number of amides is 2. The van der Waals surface area contributed by atoms with Crippen molar-refractivity contribution < 1.29 is 32.2 Å². The second kappa shape index (κ2) is 13.5. The van der Waals surface area contributed by atoms with Gasteiger partial charge in [0.1, 0.15) is 5.01 Å². The van der Waals surface area contributed by atoms with Crippen molar-refractivity contribution >= 4 is 28.3 Å². The van der Waals surface area contributed by atoms with Crippen LogP contribution in [-0.2, 0) is 17.4 Å². The maximum atomic E-state index is 13.5. The molecule has 0 atom stereocenters. The highest BCUT2D eigenvalue weighted by atomic mass is 32.1. The molecule has 0 fully saturated rings. The molecule has 4 rings (SSSR count). The van der Waals surface area contributed by atoms with E-state index in [2.05, 4.69) is 15.5 Å². The minimum Gasteiger partial charge on any atom is -0.493 e. The molecule has 0 spiro atoms. The Kier molecular flexibility index (Phi) is 9.79. The summed E-state index contributed by atoms with van der Waals surface area (Å²) in [6, 6.07) is 17.4. The summed E-state index contributed by atoms with van der Waals surface area (Å²) in [5, 5.41) is 11.2. The molecule has 0 saturated heterocycles. The Balaban J connectivity index is 1.42. The van der Waals surface area contributed by atoms with Gasteiger partial charge >= 0.3 is 6.18 Å². The highest BCUT2D eigenvalue weighted by molar-refractivity contribution is 7.18. The number of methoxy groups -OCH3 is 2. The largest absolute Gasteiger partial charge is 0.493 e. The Morgan fingerprint density at radius 3 is 2.31 bits per heavy atom. The van der Waals surface area contributed by atoms with Crippen molar-refractivity contribution in [1.29, 1.82) is 0 Å². The molecule has 0 saturated carbocycles. The molecule has 0 aliphatic carbocycles. The van der Waals surface area contributed by atoms with Crippen LogP contribution in [0.3, 0.4) is 0 Å². The normalized spacial score (nSPS) is 11.2. The number of ether oxygens (including phenoxy) is 2. The molecule has 0 radical (unpaired) electrons. The highest BCUT2D eigenvalue weighted by Gasteiger charge is 2.30. The van der Waals surface area contributed by atoms with Gasteiger partial charge in [0.25, 0.3) is 5.91 Å². The number of anilines is 1. The van der Waals surface area contributed by atoms with Gasteiger partial charge < -0.3 is 19.7 Å². The van der Waals surface area contributed by atoms with Gasteiger partial charge in [-0.15, -0.1) is 10.2 Å². The molecule has 42 heavy (non-hydrogen) atoms. The molecule has 1 heterocycles. The summed E-state index contributed by atoms with van der Waals surface area (Å²) in [7, 11) is 3.11. The molecule has 1 N–H and O–H groups in total. The molecule has 0 aliphatic rings. The van der Waals surface area contributed by atoms with E-state index in [1.165, 1.54) is 12.1 Å². The van der Waals surface area contributed by atoms with Crippen LogP contribution in [0.1, 0.15) is 33.5 Å². The van der Waals surface area contributed by atoms with Crippen molar-refractivity contribution in [2.45, 2.75) is 25.9 Å². The zero-order valence-corrected chi connectivity index (χ0v) is 24.0. The lowest BCUT2D eigenvalue weighted by molar-refractivity contribution is -0.137. The zero-order valence-electron chi connectivity index (χ0n) is 23.2. The van der Waals surface area contributed by atoms with Gasteiger partial charge in [-0.25, -0.2) is 0 Å². The van der Waals surface area contributed by atoms with Crippen molar-refractivity contribution in [1.82, 2.24) is 15.1 Å². The number of carbonyl (C=O) groups is 2. The van der Waals surface area contributed by atoms with E-state index in [-0.39, 0.29) is 29.9 Å². The quantitative estimate of drug-likeness (QED) is 0.219. The van der Waals surface area contributed by atoms with E-state index < -0.39 is 11.7 Å². The minimum atomic E-state index is -4.44. The predicted octanol–water partition coefficient (Wildman–Crippen LogP) is 6.26. The van der Waals surface area contributed by atoms with E-state index in [0.29, 0.717) is 40.6 Å². The molecule has 0 aliphatic heterocycles. The first-order chi connectivity index (χ1) is 20.1. The van der Waals surface area contributed by atoms with Crippen LogP contribution >= 0.6 is 11.3 Å². The summed E-state index contributed by atoms with van der Waals surface area (Å²) in [4.78, 5) is 27.9. The topological polar surface area (TPSA) is 93.6 Å². The second-order valence-corrected chi connectivity index (χ2v) is 10.3. The van der Waals surface area contributed by atoms with Gasteiger partial charge in [0.2, 0.25) is 11.0 Å². The third-order valence-electron chi connectivity index (χ3n) is 6.52. The molecular weight excluding hydrogens is 569 g/mol. The summed E-state index contributed by atoms with van der Waals surface area (Å²) in [6.45, 7) is 2.36. The average Bonchev–Trinajstić information content (AvgIpc) is 3.45. The fourth-order valence-electron chi connectivity index (χ4n) is 4.21. The number of alkyl halides is 3. The average molecular weight is 599 g/mol. The second-order valence-electron chi connectivity index (χ2n) is 9.33. The molecule has 2 amide bonds. The van der Waals surface area contributed by atoms with Crippen molar-refractivity contribution in [2.75, 3.05) is 32.6 Å². The Morgan fingerprint density at radius 1 is 0.929 bits per heavy atom. The smallest absolute Gasteiger partial charge is 0.416 e. The van der Waals surface area contributed by atoms with Gasteiger partial charge in [0.05, 0.1) is 19.8 Å². The molecule has 0 unspecified atom stereocenters. The lowest BCUT2D eigenvalue weighted by Crippen LogP contribution is -2.36. The number of carbonyl (C=O) groups excluding carboxylic acids is 2. The summed E-state index contributed by atoms with van der Waals surface area (Å²) in [5.41, 5.74) is 2.00. The number of aromatic nitrogens is 2. The number of hydrogen-bond donors (Lipinski definition) is 1. The summed E-state index contributed by atoms with van der Waals surface area (Å²) < 4.78 is 49.2. The Labute approximate surface area is 245 Å². The van der Waals surface area contributed by atoms with E-state index in [1.807, 2.05) is 31.2 Å². The van der Waals surface area contributed by atoms with Crippen molar-refractivity contribution in [2.24, 2.45) is 0 Å². The molecule has 1 aromatic heterocycles. The van der Waals surface area contributed by atoms with Gasteiger partial charge in [-0.1, -0.05) is 47.7 Å². The number of halogens is 3. The fourth-order valence-corrected chi connectivity index (χ4v) is 4.97. The number of hydrogen-bond acceptors (Lipinski definition) is 7. The number of benzene rings is 3. The fraction of sp³-hybridized carbons (Fsp3) is 0.267. The lowest BCUT2D eigenvalue weighted by atomic mass is 10.1. The van der Waals surface area contributed by atoms with Crippen molar-refractivity contribution in [3.63, 3.8) is 0 Å². The minimum absolute atomic E-state index is 0.00124. The van der Waals surface area contributed by atoms with E-state index in [1.54, 1.807) is 37.3 Å². The van der Waals surface area contributed by atoms with E-state index >= 15 is 0 Å².